The average Bonchev–Trinajstić information content (AvgIpc) is 3.35. The Labute approximate surface area is 212 Å². The zero-order chi connectivity index (χ0) is 26.8. The predicted molar refractivity (Wildman–Crippen MR) is 132 cm³/mol. The van der Waals surface area contributed by atoms with Gasteiger partial charge in [-0.05, 0) is 50.3 Å². The lowest BCUT2D eigenvalue weighted by Crippen LogP contribution is -2.55. The Bertz CT molecular complexity index is 957. The maximum Gasteiger partial charge on any atom is 0.408 e. The predicted octanol–water partition coefficient (Wildman–Crippen LogP) is 2.42. The number of ether oxygens (including phenoxy) is 2. The monoisotopic (exact) mass is 506 g/mol. The number of carbonyl (C=O) groups excluding carboxylic acids is 3. The van der Waals surface area contributed by atoms with Crippen LogP contribution in [0.4, 0.5) is 9.18 Å². The summed E-state index contributed by atoms with van der Waals surface area (Å²) < 4.78 is 24.7. The molecule has 0 spiro atoms. The van der Waals surface area contributed by atoms with Gasteiger partial charge in [0.1, 0.15) is 18.0 Å². The summed E-state index contributed by atoms with van der Waals surface area (Å²) in [6.07, 6.45) is -0.541. The van der Waals surface area contributed by atoms with Crippen molar-refractivity contribution in [3.63, 3.8) is 0 Å². The molecular weight excluding hydrogens is 467 g/mol. The van der Waals surface area contributed by atoms with E-state index < -0.39 is 29.3 Å². The summed E-state index contributed by atoms with van der Waals surface area (Å²) >= 11 is 0. The number of likely N-dealkylation sites (tertiary alicyclic amines) is 2. The Kier molecular flexibility index (Phi) is 8.30. The number of nitrogens with zero attached hydrogens (tertiary/aromatic N) is 2. The van der Waals surface area contributed by atoms with Gasteiger partial charge in [0.25, 0.3) is 0 Å². The summed E-state index contributed by atoms with van der Waals surface area (Å²) in [5.41, 5.74) is 5.98. The lowest BCUT2D eigenvalue weighted by Gasteiger charge is -2.34. The molecule has 1 aromatic rings. The molecule has 0 radical (unpaired) electrons. The molecule has 10 heteroatoms. The van der Waals surface area contributed by atoms with Crippen molar-refractivity contribution < 1.29 is 28.2 Å². The van der Waals surface area contributed by atoms with E-state index in [9.17, 15) is 18.8 Å². The van der Waals surface area contributed by atoms with E-state index in [1.165, 1.54) is 12.1 Å². The van der Waals surface area contributed by atoms with Gasteiger partial charge in [-0.2, -0.15) is 0 Å². The quantitative estimate of drug-likeness (QED) is 0.613. The molecule has 0 aromatic heterocycles. The molecule has 200 valence electrons. The molecule has 2 aliphatic rings. The maximum atomic E-state index is 13.3. The first-order chi connectivity index (χ1) is 16.7. The Morgan fingerprint density at radius 1 is 1.11 bits per heavy atom. The van der Waals surface area contributed by atoms with E-state index in [0.29, 0.717) is 13.0 Å². The number of alkyl carbamates (subject to hydrolysis) is 1. The van der Waals surface area contributed by atoms with Crippen LogP contribution in [0.1, 0.15) is 53.5 Å². The van der Waals surface area contributed by atoms with Crippen LogP contribution in [0.3, 0.4) is 0 Å². The largest absolute Gasteiger partial charge is 0.444 e. The second kappa shape index (κ2) is 10.7. The molecule has 0 aliphatic carbocycles. The van der Waals surface area contributed by atoms with E-state index in [0.717, 1.165) is 5.56 Å². The van der Waals surface area contributed by atoms with Crippen LogP contribution >= 0.6 is 0 Å². The Morgan fingerprint density at radius 2 is 1.75 bits per heavy atom. The van der Waals surface area contributed by atoms with E-state index in [1.54, 1.807) is 42.7 Å². The third-order valence-corrected chi connectivity index (χ3v) is 6.54. The number of hydrogen-bond donors (Lipinski definition) is 2. The highest BCUT2D eigenvalue weighted by atomic mass is 19.1. The topological polar surface area (TPSA) is 114 Å². The van der Waals surface area contributed by atoms with Gasteiger partial charge < -0.3 is 30.3 Å². The van der Waals surface area contributed by atoms with Crippen molar-refractivity contribution in [2.24, 2.45) is 11.1 Å². The van der Waals surface area contributed by atoms with Gasteiger partial charge in [0.2, 0.25) is 11.8 Å². The zero-order valence-electron chi connectivity index (χ0n) is 22.0. The van der Waals surface area contributed by atoms with Gasteiger partial charge in [-0.25, -0.2) is 9.18 Å². The van der Waals surface area contributed by atoms with Gasteiger partial charge in [-0.3, -0.25) is 9.59 Å². The van der Waals surface area contributed by atoms with Crippen LogP contribution in [0.25, 0.3) is 0 Å². The van der Waals surface area contributed by atoms with Crippen molar-refractivity contribution in [3.05, 3.63) is 35.6 Å². The molecule has 0 unspecified atom stereocenters. The van der Waals surface area contributed by atoms with E-state index in [1.807, 2.05) is 20.8 Å². The fourth-order valence-electron chi connectivity index (χ4n) is 4.62. The van der Waals surface area contributed by atoms with E-state index in [-0.39, 0.29) is 49.4 Å². The molecule has 1 aromatic carbocycles. The summed E-state index contributed by atoms with van der Waals surface area (Å²) in [4.78, 5) is 41.9. The molecule has 9 nitrogen and oxygen atoms in total. The Morgan fingerprint density at radius 3 is 2.33 bits per heavy atom. The fourth-order valence-corrected chi connectivity index (χ4v) is 4.62. The molecule has 3 N–H and O–H groups in total. The zero-order valence-corrected chi connectivity index (χ0v) is 22.0. The number of rotatable bonds is 6. The summed E-state index contributed by atoms with van der Waals surface area (Å²) in [5.74, 6) is -0.789. The van der Waals surface area contributed by atoms with Gasteiger partial charge in [0, 0.05) is 13.1 Å². The van der Waals surface area contributed by atoms with Gasteiger partial charge in [0.05, 0.1) is 30.8 Å². The van der Waals surface area contributed by atoms with Gasteiger partial charge in [0.15, 0.2) is 0 Å². The molecule has 36 heavy (non-hydrogen) atoms. The minimum atomic E-state index is -0.701. The summed E-state index contributed by atoms with van der Waals surface area (Å²) in [7, 11) is 0. The minimum absolute atomic E-state index is 0.174. The molecule has 4 atom stereocenters. The maximum absolute atomic E-state index is 13.3. The first-order valence-electron chi connectivity index (χ1n) is 12.4. The number of nitrogens with two attached hydrogens (primary N) is 1. The Balaban J connectivity index is 1.75. The molecule has 3 amide bonds. The van der Waals surface area contributed by atoms with Crippen molar-refractivity contribution in [3.8, 4) is 0 Å². The van der Waals surface area contributed by atoms with E-state index in [4.69, 9.17) is 15.2 Å². The van der Waals surface area contributed by atoms with Crippen LogP contribution in [-0.4, -0.2) is 77.2 Å². The SMILES string of the molecule is CC(C)(C)OC(=O)NCC(=O)N1C[C@H](OCc2ccc(F)cc2)[C@@H]2[C@H]1CCN2C(=O)[C@@H](N)C(C)(C)C. The van der Waals surface area contributed by atoms with Crippen molar-refractivity contribution in [1.82, 2.24) is 15.1 Å². The van der Waals surface area contributed by atoms with Crippen molar-refractivity contribution in [1.29, 1.82) is 0 Å². The van der Waals surface area contributed by atoms with Crippen molar-refractivity contribution in [2.75, 3.05) is 19.6 Å². The summed E-state index contributed by atoms with van der Waals surface area (Å²) in [6.45, 7) is 11.7. The first kappa shape index (κ1) is 27.9. The number of amides is 3. The van der Waals surface area contributed by atoms with E-state index >= 15 is 0 Å². The number of carbonyl (C=O) groups is 3. The van der Waals surface area contributed by atoms with Crippen LogP contribution in [-0.2, 0) is 25.7 Å². The smallest absolute Gasteiger partial charge is 0.408 e. The first-order valence-corrected chi connectivity index (χ1v) is 12.4. The second-order valence-electron chi connectivity index (χ2n) is 11.6. The molecular formula is C26H39FN4O5. The molecule has 3 rings (SSSR count). The number of nitrogens with one attached hydrogen (secondary N) is 1. The van der Waals surface area contributed by atoms with Crippen LogP contribution in [0.2, 0.25) is 0 Å². The Hall–Kier alpha value is -2.72. The normalized spacial score (nSPS) is 22.8. The molecule has 2 fully saturated rings. The van der Waals surface area contributed by atoms with Crippen LogP contribution < -0.4 is 11.1 Å². The minimum Gasteiger partial charge on any atom is -0.444 e. The molecule has 0 bridgehead atoms. The van der Waals surface area contributed by atoms with Gasteiger partial charge >= 0.3 is 6.09 Å². The van der Waals surface area contributed by atoms with Crippen molar-refractivity contribution >= 4 is 17.9 Å². The van der Waals surface area contributed by atoms with Crippen molar-refractivity contribution in [2.45, 2.75) is 84.4 Å². The molecule has 0 saturated carbocycles. The second-order valence-corrected chi connectivity index (χ2v) is 11.6. The molecule has 2 aliphatic heterocycles. The highest BCUT2D eigenvalue weighted by molar-refractivity contribution is 5.85. The van der Waals surface area contributed by atoms with Crippen LogP contribution in [0, 0.1) is 11.2 Å². The number of halogens is 1. The summed E-state index contributed by atoms with van der Waals surface area (Å²) in [6, 6.07) is 4.69. The molecule has 2 saturated heterocycles. The number of fused-ring (bicyclic) bond motifs is 1. The molecule has 2 heterocycles. The highest BCUT2D eigenvalue weighted by Gasteiger charge is 2.53. The third-order valence-electron chi connectivity index (χ3n) is 6.54. The number of hydrogen-bond acceptors (Lipinski definition) is 6. The van der Waals surface area contributed by atoms with E-state index in [2.05, 4.69) is 5.32 Å². The summed E-state index contributed by atoms with van der Waals surface area (Å²) in [5, 5.41) is 2.52. The lowest BCUT2D eigenvalue weighted by atomic mass is 9.86. The number of benzene rings is 1. The van der Waals surface area contributed by atoms with Gasteiger partial charge in [-0.15, -0.1) is 0 Å². The van der Waals surface area contributed by atoms with Crippen LogP contribution in [0.15, 0.2) is 24.3 Å². The highest BCUT2D eigenvalue weighted by Crippen LogP contribution is 2.35. The van der Waals surface area contributed by atoms with Gasteiger partial charge in [-0.1, -0.05) is 32.9 Å². The standard InChI is InChI=1S/C26H39FN4O5/c1-25(2,3)22(28)23(33)30-12-11-18-21(30)19(35-15-16-7-9-17(27)10-8-16)14-31(18)20(32)13-29-24(34)36-26(4,5)6/h7-10,18-19,21-22H,11-15,28H2,1-6H3,(H,29,34)/t18-,19+,21+,22-/m1/s1. The third kappa shape index (κ3) is 6.73. The average molecular weight is 507 g/mol. The van der Waals surface area contributed by atoms with Crippen LogP contribution in [0.5, 0.6) is 0 Å². The lowest BCUT2D eigenvalue weighted by molar-refractivity contribution is -0.138. The fraction of sp³-hybridized carbons (Fsp3) is 0.654.